The molecule has 0 aliphatic rings. The number of nitrogens with zero attached hydrogens (tertiary/aromatic N) is 1. The van der Waals surface area contributed by atoms with Gasteiger partial charge in [0.15, 0.2) is 5.78 Å². The lowest BCUT2D eigenvalue weighted by Crippen LogP contribution is -2.12. The zero-order valence-corrected chi connectivity index (χ0v) is 13.4. The number of hydrogen-bond acceptors (Lipinski definition) is 6. The van der Waals surface area contributed by atoms with E-state index in [4.69, 9.17) is 4.74 Å². The van der Waals surface area contributed by atoms with Crippen molar-refractivity contribution in [2.75, 3.05) is 0 Å². The predicted octanol–water partition coefficient (Wildman–Crippen LogP) is 3.51. The summed E-state index contributed by atoms with van der Waals surface area (Å²) in [6.45, 7) is 1.24. The molecular formula is C18H15NO6. The lowest BCUT2D eigenvalue weighted by molar-refractivity contribution is -0.385. The molecule has 0 spiro atoms. The van der Waals surface area contributed by atoms with Gasteiger partial charge in [-0.05, 0) is 31.2 Å². The van der Waals surface area contributed by atoms with E-state index in [-0.39, 0.29) is 23.5 Å². The van der Waals surface area contributed by atoms with E-state index >= 15 is 0 Å². The Morgan fingerprint density at radius 2 is 1.68 bits per heavy atom. The van der Waals surface area contributed by atoms with Crippen molar-refractivity contribution in [2.24, 2.45) is 0 Å². The monoisotopic (exact) mass is 341 g/mol. The van der Waals surface area contributed by atoms with Gasteiger partial charge >= 0.3 is 0 Å². The van der Waals surface area contributed by atoms with Crippen molar-refractivity contribution in [1.82, 2.24) is 0 Å². The molecule has 0 aliphatic heterocycles. The van der Waals surface area contributed by atoms with Crippen LogP contribution in [0.1, 0.15) is 30.1 Å². The molecule has 7 heteroatoms. The summed E-state index contributed by atoms with van der Waals surface area (Å²) in [5.74, 6) is -0.937. The fourth-order valence-electron chi connectivity index (χ4n) is 2.20. The molecule has 0 saturated heterocycles. The number of carbonyl (C=O) groups is 3. The molecule has 0 unspecified atom stereocenters. The average Bonchev–Trinajstić information content (AvgIpc) is 2.54. The van der Waals surface area contributed by atoms with Crippen LogP contribution in [0, 0.1) is 10.1 Å². The minimum Gasteiger partial charge on any atom is -0.457 e. The van der Waals surface area contributed by atoms with Crippen LogP contribution in [0.25, 0.3) is 0 Å². The smallest absolute Gasteiger partial charge is 0.280 e. The van der Waals surface area contributed by atoms with E-state index in [0.29, 0.717) is 5.75 Å². The van der Waals surface area contributed by atoms with Crippen LogP contribution in [0.4, 0.5) is 5.69 Å². The summed E-state index contributed by atoms with van der Waals surface area (Å²) in [5, 5.41) is 11.1. The molecule has 0 radical (unpaired) electrons. The molecule has 7 nitrogen and oxygen atoms in total. The SMILES string of the molecule is CC(=O)CC(=O)CC(=O)c1cc(Oc2ccccc2)ccc1[N+](=O)[O-]. The first kappa shape index (κ1) is 18.0. The maximum Gasteiger partial charge on any atom is 0.280 e. The van der Waals surface area contributed by atoms with E-state index in [2.05, 4.69) is 0 Å². The van der Waals surface area contributed by atoms with Gasteiger partial charge in [-0.15, -0.1) is 0 Å². The second-order valence-corrected chi connectivity index (χ2v) is 5.37. The number of nitro groups is 1. The van der Waals surface area contributed by atoms with Crippen LogP contribution in [0.3, 0.4) is 0 Å². The third-order valence-electron chi connectivity index (χ3n) is 3.25. The molecule has 128 valence electrons. The quantitative estimate of drug-likeness (QED) is 0.315. The third kappa shape index (κ3) is 5.07. The number of carbonyl (C=O) groups excluding carboxylic acids is 3. The van der Waals surface area contributed by atoms with Crippen LogP contribution >= 0.6 is 0 Å². The van der Waals surface area contributed by atoms with Gasteiger partial charge in [0.25, 0.3) is 5.69 Å². The third-order valence-corrected chi connectivity index (χ3v) is 3.25. The molecule has 0 bridgehead atoms. The normalized spacial score (nSPS) is 10.1. The largest absolute Gasteiger partial charge is 0.457 e. The lowest BCUT2D eigenvalue weighted by Gasteiger charge is -2.08. The Labute approximate surface area is 143 Å². The Morgan fingerprint density at radius 1 is 1.00 bits per heavy atom. The molecule has 2 aromatic rings. The maximum atomic E-state index is 12.3. The van der Waals surface area contributed by atoms with Gasteiger partial charge in [-0.1, -0.05) is 18.2 Å². The summed E-state index contributed by atoms with van der Waals surface area (Å²) in [5.41, 5.74) is -0.642. The number of Topliss-reactive ketones (excluding diaryl/α,β-unsaturated/α-hetero) is 3. The van der Waals surface area contributed by atoms with Gasteiger partial charge in [-0.2, -0.15) is 0 Å². The van der Waals surface area contributed by atoms with E-state index in [1.54, 1.807) is 30.3 Å². The van der Waals surface area contributed by atoms with E-state index in [0.717, 1.165) is 6.07 Å². The minimum absolute atomic E-state index is 0.227. The molecule has 2 rings (SSSR count). The minimum atomic E-state index is -0.725. The number of benzene rings is 2. The van der Waals surface area contributed by atoms with Gasteiger partial charge in [-0.25, -0.2) is 0 Å². The molecule has 25 heavy (non-hydrogen) atoms. The standard InChI is InChI=1S/C18H15NO6/c1-12(20)9-13(21)10-18(22)16-11-15(7-8-17(16)19(23)24)25-14-5-3-2-4-6-14/h2-8,11H,9-10H2,1H3. The van der Waals surface area contributed by atoms with Crippen molar-refractivity contribution >= 4 is 23.0 Å². The van der Waals surface area contributed by atoms with E-state index in [1.807, 2.05) is 0 Å². The topological polar surface area (TPSA) is 104 Å². The highest BCUT2D eigenvalue weighted by Gasteiger charge is 2.23. The summed E-state index contributed by atoms with van der Waals surface area (Å²) in [7, 11) is 0. The van der Waals surface area contributed by atoms with Gasteiger partial charge < -0.3 is 4.74 Å². The highest BCUT2D eigenvalue weighted by atomic mass is 16.6. The van der Waals surface area contributed by atoms with Gasteiger partial charge in [-0.3, -0.25) is 24.5 Å². The lowest BCUT2D eigenvalue weighted by atomic mass is 10.0. The zero-order valence-electron chi connectivity index (χ0n) is 13.4. The Bertz CT molecular complexity index is 829. The molecule has 0 heterocycles. The first-order valence-corrected chi connectivity index (χ1v) is 7.42. The summed E-state index contributed by atoms with van der Waals surface area (Å²) in [6, 6.07) is 12.5. The number of ether oxygens (including phenoxy) is 1. The zero-order chi connectivity index (χ0) is 18.4. The second-order valence-electron chi connectivity index (χ2n) is 5.37. The molecule has 0 atom stereocenters. The Morgan fingerprint density at radius 3 is 2.28 bits per heavy atom. The van der Waals surface area contributed by atoms with Crippen LogP contribution in [-0.2, 0) is 9.59 Å². The highest BCUT2D eigenvalue weighted by molar-refractivity contribution is 6.13. The molecule has 0 saturated carbocycles. The van der Waals surface area contributed by atoms with Crippen molar-refractivity contribution in [3.05, 3.63) is 64.2 Å². The van der Waals surface area contributed by atoms with Crippen LogP contribution in [0.15, 0.2) is 48.5 Å². The van der Waals surface area contributed by atoms with Gasteiger partial charge in [0.2, 0.25) is 0 Å². The van der Waals surface area contributed by atoms with E-state index in [1.165, 1.54) is 19.1 Å². The van der Waals surface area contributed by atoms with Crippen molar-refractivity contribution in [3.63, 3.8) is 0 Å². The van der Waals surface area contributed by atoms with Crippen molar-refractivity contribution in [1.29, 1.82) is 0 Å². The fourth-order valence-corrected chi connectivity index (χ4v) is 2.20. The molecule has 0 fully saturated rings. The molecular weight excluding hydrogens is 326 g/mol. The number of nitro benzene ring substituents is 1. The Hall–Kier alpha value is -3.35. The van der Waals surface area contributed by atoms with Crippen LogP contribution in [-0.4, -0.2) is 22.3 Å². The van der Waals surface area contributed by atoms with Crippen LogP contribution in [0.5, 0.6) is 11.5 Å². The van der Waals surface area contributed by atoms with Crippen molar-refractivity contribution < 1.29 is 24.0 Å². The van der Waals surface area contributed by atoms with Crippen molar-refractivity contribution in [2.45, 2.75) is 19.8 Å². The predicted molar refractivity (Wildman–Crippen MR) is 88.9 cm³/mol. The van der Waals surface area contributed by atoms with Crippen LogP contribution in [0.2, 0.25) is 0 Å². The van der Waals surface area contributed by atoms with Gasteiger partial charge in [0.1, 0.15) is 23.1 Å². The van der Waals surface area contributed by atoms with Gasteiger partial charge in [0, 0.05) is 6.07 Å². The number of para-hydroxylation sites is 1. The summed E-state index contributed by atoms with van der Waals surface area (Å²) < 4.78 is 5.56. The fraction of sp³-hybridized carbons (Fsp3) is 0.167. The summed E-state index contributed by atoms with van der Waals surface area (Å²) in [4.78, 5) is 45.3. The molecule has 0 amide bonds. The number of rotatable bonds is 8. The Balaban J connectivity index is 2.28. The van der Waals surface area contributed by atoms with Crippen LogP contribution < -0.4 is 4.74 Å². The molecule has 0 N–H and O–H groups in total. The molecule has 0 aromatic heterocycles. The van der Waals surface area contributed by atoms with E-state index < -0.39 is 28.6 Å². The average molecular weight is 341 g/mol. The Kier molecular flexibility index (Phi) is 5.73. The van der Waals surface area contributed by atoms with E-state index in [9.17, 15) is 24.5 Å². The molecule has 0 aliphatic carbocycles. The first-order chi connectivity index (χ1) is 11.9. The highest BCUT2D eigenvalue weighted by Crippen LogP contribution is 2.28. The number of hydrogen-bond donors (Lipinski definition) is 0. The van der Waals surface area contributed by atoms with Crippen molar-refractivity contribution in [3.8, 4) is 11.5 Å². The summed E-state index contributed by atoms with van der Waals surface area (Å²) in [6.07, 6.45) is -0.949. The summed E-state index contributed by atoms with van der Waals surface area (Å²) >= 11 is 0. The van der Waals surface area contributed by atoms with Gasteiger partial charge in [0.05, 0.1) is 23.3 Å². The maximum absolute atomic E-state index is 12.3. The first-order valence-electron chi connectivity index (χ1n) is 7.42. The number of ketones is 3. The second kappa shape index (κ2) is 7.96. The molecule has 2 aromatic carbocycles.